The van der Waals surface area contributed by atoms with Crippen LogP contribution in [0.1, 0.15) is 39.7 Å². The second kappa shape index (κ2) is 9.19. The van der Waals surface area contributed by atoms with Crippen molar-refractivity contribution in [2.45, 2.75) is 45.6 Å². The van der Waals surface area contributed by atoms with Crippen LogP contribution in [0.2, 0.25) is 0 Å². The van der Waals surface area contributed by atoms with Crippen molar-refractivity contribution >= 4 is 0 Å². The molecular weight excluding hydrogens is 260 g/mol. The molecule has 120 valence electrons. The maximum Gasteiger partial charge on any atom is 0.0443 e. The highest BCUT2D eigenvalue weighted by Crippen LogP contribution is 2.24. The van der Waals surface area contributed by atoms with Crippen molar-refractivity contribution in [3.63, 3.8) is 0 Å². The molecule has 0 saturated carbocycles. The van der Waals surface area contributed by atoms with E-state index in [-0.39, 0.29) is 12.0 Å². The van der Waals surface area contributed by atoms with E-state index >= 15 is 0 Å². The van der Waals surface area contributed by atoms with E-state index in [1.807, 2.05) is 0 Å². The van der Waals surface area contributed by atoms with Gasteiger partial charge in [-0.15, -0.1) is 0 Å². The summed E-state index contributed by atoms with van der Waals surface area (Å²) in [6, 6.07) is 11.2. The van der Waals surface area contributed by atoms with E-state index in [0.29, 0.717) is 6.04 Å². The first-order valence-electron chi connectivity index (χ1n) is 8.14. The van der Waals surface area contributed by atoms with Crippen LogP contribution < -0.4 is 5.32 Å². The SMILES string of the molecule is CCN(CCCO)CC(C)(CNC(C)C)c1ccccc1. The Morgan fingerprint density at radius 3 is 2.43 bits per heavy atom. The van der Waals surface area contributed by atoms with Gasteiger partial charge in [-0.25, -0.2) is 0 Å². The topological polar surface area (TPSA) is 35.5 Å². The van der Waals surface area contributed by atoms with Crippen LogP contribution in [-0.2, 0) is 5.41 Å². The standard InChI is InChI=1S/C18H32N2O/c1-5-20(12-9-13-21)15-18(4,14-19-16(2)3)17-10-7-6-8-11-17/h6-8,10-11,16,19,21H,5,9,12-15H2,1-4H3. The summed E-state index contributed by atoms with van der Waals surface area (Å²) in [5.74, 6) is 0. The molecule has 0 heterocycles. The fourth-order valence-corrected chi connectivity index (χ4v) is 2.66. The number of likely N-dealkylation sites (N-methyl/N-ethyl adjacent to an activating group) is 1. The van der Waals surface area contributed by atoms with Gasteiger partial charge < -0.3 is 15.3 Å². The van der Waals surface area contributed by atoms with E-state index in [1.54, 1.807) is 0 Å². The molecule has 0 aliphatic heterocycles. The second-order valence-electron chi connectivity index (χ2n) is 6.41. The zero-order chi connectivity index (χ0) is 15.7. The number of nitrogens with zero attached hydrogens (tertiary/aromatic N) is 1. The summed E-state index contributed by atoms with van der Waals surface area (Å²) in [4.78, 5) is 2.44. The molecule has 0 radical (unpaired) electrons. The van der Waals surface area contributed by atoms with Gasteiger partial charge in [-0.05, 0) is 18.5 Å². The number of aliphatic hydroxyl groups excluding tert-OH is 1. The number of aliphatic hydroxyl groups is 1. The summed E-state index contributed by atoms with van der Waals surface area (Å²) in [6.07, 6.45) is 0.844. The van der Waals surface area contributed by atoms with E-state index < -0.39 is 0 Å². The Kier molecular flexibility index (Phi) is 7.94. The minimum atomic E-state index is 0.0804. The van der Waals surface area contributed by atoms with Gasteiger partial charge in [0.05, 0.1) is 0 Å². The maximum absolute atomic E-state index is 9.06. The predicted molar refractivity (Wildman–Crippen MR) is 90.7 cm³/mol. The van der Waals surface area contributed by atoms with Crippen LogP contribution in [0, 0.1) is 0 Å². The van der Waals surface area contributed by atoms with Crippen molar-refractivity contribution < 1.29 is 5.11 Å². The van der Waals surface area contributed by atoms with Crippen LogP contribution in [0.4, 0.5) is 0 Å². The first-order valence-corrected chi connectivity index (χ1v) is 8.14. The maximum atomic E-state index is 9.06. The number of rotatable bonds is 10. The first kappa shape index (κ1) is 18.1. The molecule has 2 N–H and O–H groups in total. The fourth-order valence-electron chi connectivity index (χ4n) is 2.66. The molecule has 0 spiro atoms. The van der Waals surface area contributed by atoms with E-state index in [1.165, 1.54) is 5.56 Å². The van der Waals surface area contributed by atoms with Gasteiger partial charge >= 0.3 is 0 Å². The minimum Gasteiger partial charge on any atom is -0.396 e. The third-order valence-corrected chi connectivity index (χ3v) is 4.02. The molecule has 1 unspecified atom stereocenters. The van der Waals surface area contributed by atoms with Crippen molar-refractivity contribution in [1.82, 2.24) is 10.2 Å². The summed E-state index contributed by atoms with van der Waals surface area (Å²) in [5, 5.41) is 12.7. The van der Waals surface area contributed by atoms with Crippen LogP contribution in [0.5, 0.6) is 0 Å². The van der Waals surface area contributed by atoms with Crippen LogP contribution in [0.15, 0.2) is 30.3 Å². The molecule has 3 nitrogen and oxygen atoms in total. The molecule has 0 fully saturated rings. The highest BCUT2D eigenvalue weighted by atomic mass is 16.3. The van der Waals surface area contributed by atoms with Gasteiger partial charge in [0.1, 0.15) is 0 Å². The molecule has 0 saturated heterocycles. The molecule has 1 aromatic rings. The molecule has 1 aromatic carbocycles. The summed E-state index contributed by atoms with van der Waals surface area (Å²) in [5.41, 5.74) is 1.46. The quantitative estimate of drug-likeness (QED) is 0.696. The lowest BCUT2D eigenvalue weighted by Crippen LogP contribution is -2.47. The minimum absolute atomic E-state index is 0.0804. The number of nitrogens with one attached hydrogen (secondary N) is 1. The Morgan fingerprint density at radius 2 is 1.90 bits per heavy atom. The largest absolute Gasteiger partial charge is 0.396 e. The Morgan fingerprint density at radius 1 is 1.24 bits per heavy atom. The zero-order valence-corrected chi connectivity index (χ0v) is 14.1. The Hall–Kier alpha value is -0.900. The van der Waals surface area contributed by atoms with Crippen LogP contribution in [0.3, 0.4) is 0 Å². The monoisotopic (exact) mass is 292 g/mol. The summed E-state index contributed by atoms with van der Waals surface area (Å²) < 4.78 is 0. The van der Waals surface area contributed by atoms with Gasteiger partial charge in [0, 0.05) is 37.7 Å². The van der Waals surface area contributed by atoms with Crippen LogP contribution in [-0.4, -0.2) is 48.8 Å². The number of benzene rings is 1. The molecule has 1 atom stereocenters. The average molecular weight is 292 g/mol. The van der Waals surface area contributed by atoms with Gasteiger partial charge in [0.2, 0.25) is 0 Å². The fraction of sp³-hybridized carbons (Fsp3) is 0.667. The number of hydrogen-bond acceptors (Lipinski definition) is 3. The summed E-state index contributed by atoms with van der Waals surface area (Å²) >= 11 is 0. The summed E-state index contributed by atoms with van der Waals surface area (Å²) in [6.45, 7) is 13.1. The van der Waals surface area contributed by atoms with Crippen molar-refractivity contribution in [1.29, 1.82) is 0 Å². The van der Waals surface area contributed by atoms with E-state index in [9.17, 15) is 0 Å². The third kappa shape index (κ3) is 6.16. The third-order valence-electron chi connectivity index (χ3n) is 4.02. The van der Waals surface area contributed by atoms with E-state index in [0.717, 1.165) is 32.6 Å². The lowest BCUT2D eigenvalue weighted by molar-refractivity contribution is 0.192. The number of hydrogen-bond donors (Lipinski definition) is 2. The molecule has 0 aliphatic rings. The Labute approximate surface area is 130 Å². The van der Waals surface area contributed by atoms with Crippen molar-refractivity contribution in [3.8, 4) is 0 Å². The smallest absolute Gasteiger partial charge is 0.0443 e. The van der Waals surface area contributed by atoms with Gasteiger partial charge in [-0.2, -0.15) is 0 Å². The Bertz CT molecular complexity index is 380. The van der Waals surface area contributed by atoms with Crippen molar-refractivity contribution in [2.75, 3.05) is 32.8 Å². The first-order chi connectivity index (χ1) is 10.0. The van der Waals surface area contributed by atoms with E-state index in [4.69, 9.17) is 5.11 Å². The normalized spacial score (nSPS) is 14.6. The second-order valence-corrected chi connectivity index (χ2v) is 6.41. The molecule has 0 bridgehead atoms. The molecule has 0 aliphatic carbocycles. The van der Waals surface area contributed by atoms with Gasteiger partial charge in [0.25, 0.3) is 0 Å². The summed E-state index contributed by atoms with van der Waals surface area (Å²) in [7, 11) is 0. The van der Waals surface area contributed by atoms with Crippen LogP contribution in [0.25, 0.3) is 0 Å². The molecule has 21 heavy (non-hydrogen) atoms. The van der Waals surface area contributed by atoms with Crippen LogP contribution >= 0.6 is 0 Å². The zero-order valence-electron chi connectivity index (χ0n) is 14.1. The van der Waals surface area contributed by atoms with Crippen molar-refractivity contribution in [2.24, 2.45) is 0 Å². The predicted octanol–water partition coefficient (Wildman–Crippen LogP) is 2.65. The molecular formula is C18H32N2O. The average Bonchev–Trinajstić information content (AvgIpc) is 2.50. The molecule has 0 aromatic heterocycles. The highest BCUT2D eigenvalue weighted by molar-refractivity contribution is 5.25. The Balaban J connectivity index is 2.85. The molecule has 1 rings (SSSR count). The van der Waals surface area contributed by atoms with Gasteiger partial charge in [0.15, 0.2) is 0 Å². The lowest BCUT2D eigenvalue weighted by atomic mass is 9.81. The van der Waals surface area contributed by atoms with E-state index in [2.05, 4.69) is 68.2 Å². The van der Waals surface area contributed by atoms with Gasteiger partial charge in [-0.1, -0.05) is 58.0 Å². The lowest BCUT2D eigenvalue weighted by Gasteiger charge is -2.36. The highest BCUT2D eigenvalue weighted by Gasteiger charge is 2.28. The molecule has 3 heteroatoms. The van der Waals surface area contributed by atoms with Crippen molar-refractivity contribution in [3.05, 3.63) is 35.9 Å². The molecule has 0 amide bonds. The van der Waals surface area contributed by atoms with Gasteiger partial charge in [-0.3, -0.25) is 0 Å².